The molecular weight excluding hydrogens is 479 g/mol. The van der Waals surface area contributed by atoms with Crippen LogP contribution in [0.4, 0.5) is 17.2 Å². The Morgan fingerprint density at radius 1 is 1.00 bits per heavy atom. The molecular formula is C21H17IN6O. The summed E-state index contributed by atoms with van der Waals surface area (Å²) in [6, 6.07) is 16.7. The molecule has 0 saturated heterocycles. The van der Waals surface area contributed by atoms with Crippen molar-refractivity contribution >= 4 is 45.7 Å². The zero-order chi connectivity index (χ0) is 20.2. The molecule has 0 aliphatic rings. The third-order valence-electron chi connectivity index (χ3n) is 4.11. The number of rotatable bonds is 5. The summed E-state index contributed by atoms with van der Waals surface area (Å²) >= 11 is 2.21. The standard InChI is InChI=1S/C21H17IN6O/c1-14-24-19(12-20(25-14)28-11-10-23-13-28)26-17-6-8-18(9-7-17)27-21(29)15-2-4-16(22)5-3-15/h2-13H,1H3,(H,27,29)(H,24,25,26). The van der Waals surface area contributed by atoms with Crippen LogP contribution in [0.3, 0.4) is 0 Å². The molecule has 2 N–H and O–H groups in total. The second-order valence-corrected chi connectivity index (χ2v) is 7.54. The molecule has 144 valence electrons. The van der Waals surface area contributed by atoms with Crippen molar-refractivity contribution in [2.75, 3.05) is 10.6 Å². The molecule has 8 heteroatoms. The highest BCUT2D eigenvalue weighted by Crippen LogP contribution is 2.20. The minimum Gasteiger partial charge on any atom is -0.340 e. The molecule has 2 heterocycles. The van der Waals surface area contributed by atoms with E-state index in [-0.39, 0.29) is 5.91 Å². The summed E-state index contributed by atoms with van der Waals surface area (Å²) in [6.45, 7) is 1.84. The van der Waals surface area contributed by atoms with E-state index in [9.17, 15) is 4.79 Å². The lowest BCUT2D eigenvalue weighted by molar-refractivity contribution is 0.102. The van der Waals surface area contributed by atoms with Crippen molar-refractivity contribution in [2.24, 2.45) is 0 Å². The van der Waals surface area contributed by atoms with Gasteiger partial charge in [-0.3, -0.25) is 9.36 Å². The number of amides is 1. The van der Waals surface area contributed by atoms with Crippen molar-refractivity contribution < 1.29 is 4.79 Å². The molecule has 0 radical (unpaired) electrons. The highest BCUT2D eigenvalue weighted by molar-refractivity contribution is 14.1. The van der Waals surface area contributed by atoms with Crippen LogP contribution in [0.2, 0.25) is 0 Å². The van der Waals surface area contributed by atoms with Crippen LogP contribution in [0.25, 0.3) is 5.82 Å². The Kier molecular flexibility index (Phi) is 5.52. The minimum absolute atomic E-state index is 0.140. The number of nitrogens with one attached hydrogen (secondary N) is 2. The SMILES string of the molecule is Cc1nc(Nc2ccc(NC(=O)c3ccc(I)cc3)cc2)cc(-n2ccnc2)n1. The van der Waals surface area contributed by atoms with Crippen molar-refractivity contribution in [1.82, 2.24) is 19.5 Å². The Bertz CT molecular complexity index is 1130. The van der Waals surface area contributed by atoms with E-state index in [1.54, 1.807) is 12.5 Å². The number of hydrogen-bond acceptors (Lipinski definition) is 5. The number of nitrogens with zero attached hydrogens (tertiary/aromatic N) is 4. The summed E-state index contributed by atoms with van der Waals surface area (Å²) in [5, 5.41) is 6.17. The Morgan fingerprint density at radius 3 is 2.41 bits per heavy atom. The van der Waals surface area contributed by atoms with Crippen LogP contribution in [-0.4, -0.2) is 25.4 Å². The first-order valence-corrected chi connectivity index (χ1v) is 9.93. The zero-order valence-electron chi connectivity index (χ0n) is 15.5. The number of imidazole rings is 1. The molecule has 0 saturated carbocycles. The lowest BCUT2D eigenvalue weighted by atomic mass is 10.2. The maximum atomic E-state index is 12.3. The predicted octanol–water partition coefficient (Wildman–Crippen LogP) is 4.57. The molecule has 4 aromatic rings. The van der Waals surface area contributed by atoms with Gasteiger partial charge in [0.2, 0.25) is 0 Å². The fourth-order valence-corrected chi connectivity index (χ4v) is 3.09. The fraction of sp³-hybridized carbons (Fsp3) is 0.0476. The molecule has 29 heavy (non-hydrogen) atoms. The number of anilines is 3. The van der Waals surface area contributed by atoms with Crippen molar-refractivity contribution in [3.05, 3.63) is 88.3 Å². The lowest BCUT2D eigenvalue weighted by Crippen LogP contribution is -2.11. The van der Waals surface area contributed by atoms with Crippen LogP contribution in [-0.2, 0) is 0 Å². The van der Waals surface area contributed by atoms with Gasteiger partial charge in [-0.15, -0.1) is 0 Å². The molecule has 2 aromatic heterocycles. The number of aryl methyl sites for hydroxylation is 1. The van der Waals surface area contributed by atoms with Gasteiger partial charge in [0.25, 0.3) is 5.91 Å². The van der Waals surface area contributed by atoms with Crippen molar-refractivity contribution in [3.8, 4) is 5.82 Å². The first-order chi connectivity index (χ1) is 14.1. The smallest absolute Gasteiger partial charge is 0.255 e. The van der Waals surface area contributed by atoms with E-state index >= 15 is 0 Å². The van der Waals surface area contributed by atoms with Gasteiger partial charge in [0.05, 0.1) is 0 Å². The van der Waals surface area contributed by atoms with E-state index in [0.717, 1.165) is 20.8 Å². The zero-order valence-corrected chi connectivity index (χ0v) is 17.7. The maximum Gasteiger partial charge on any atom is 0.255 e. The summed E-state index contributed by atoms with van der Waals surface area (Å²) in [5.74, 6) is 1.93. The van der Waals surface area contributed by atoms with Gasteiger partial charge in [-0.1, -0.05) is 0 Å². The van der Waals surface area contributed by atoms with E-state index in [1.807, 2.05) is 72.3 Å². The normalized spacial score (nSPS) is 10.6. The fourth-order valence-electron chi connectivity index (χ4n) is 2.73. The molecule has 1 amide bonds. The number of aromatic nitrogens is 4. The summed E-state index contributed by atoms with van der Waals surface area (Å²) in [7, 11) is 0. The Balaban J connectivity index is 1.46. The first-order valence-electron chi connectivity index (χ1n) is 8.85. The molecule has 0 aliphatic heterocycles. The maximum absolute atomic E-state index is 12.3. The van der Waals surface area contributed by atoms with E-state index in [4.69, 9.17) is 0 Å². The van der Waals surface area contributed by atoms with Gasteiger partial charge in [-0.05, 0) is 78.0 Å². The van der Waals surface area contributed by atoms with Crippen molar-refractivity contribution in [2.45, 2.75) is 6.92 Å². The second-order valence-electron chi connectivity index (χ2n) is 6.29. The highest BCUT2D eigenvalue weighted by atomic mass is 127. The Labute approximate surface area is 181 Å². The van der Waals surface area contributed by atoms with Gasteiger partial charge in [0.15, 0.2) is 0 Å². The topological polar surface area (TPSA) is 84.7 Å². The van der Waals surface area contributed by atoms with Crippen LogP contribution in [0.15, 0.2) is 73.3 Å². The summed E-state index contributed by atoms with van der Waals surface area (Å²) in [4.78, 5) is 25.2. The molecule has 0 unspecified atom stereocenters. The minimum atomic E-state index is -0.140. The van der Waals surface area contributed by atoms with Gasteiger partial charge in [0, 0.05) is 39.0 Å². The lowest BCUT2D eigenvalue weighted by Gasteiger charge is -2.10. The van der Waals surface area contributed by atoms with Crippen LogP contribution in [0.1, 0.15) is 16.2 Å². The average Bonchev–Trinajstić information content (AvgIpc) is 3.24. The van der Waals surface area contributed by atoms with Crippen LogP contribution in [0, 0.1) is 10.5 Å². The van der Waals surface area contributed by atoms with Gasteiger partial charge in [-0.2, -0.15) is 0 Å². The van der Waals surface area contributed by atoms with E-state index in [0.29, 0.717) is 17.2 Å². The van der Waals surface area contributed by atoms with Crippen LogP contribution < -0.4 is 10.6 Å². The highest BCUT2D eigenvalue weighted by Gasteiger charge is 2.07. The summed E-state index contributed by atoms with van der Waals surface area (Å²) in [5.41, 5.74) is 2.19. The van der Waals surface area contributed by atoms with Crippen molar-refractivity contribution in [1.29, 1.82) is 0 Å². The first kappa shape index (κ1) is 19.1. The van der Waals surface area contributed by atoms with Gasteiger partial charge >= 0.3 is 0 Å². The number of hydrogen-bond donors (Lipinski definition) is 2. The molecule has 0 bridgehead atoms. The predicted molar refractivity (Wildman–Crippen MR) is 121 cm³/mol. The third-order valence-corrected chi connectivity index (χ3v) is 4.83. The Hall–Kier alpha value is -3.27. The molecule has 2 aromatic carbocycles. The summed E-state index contributed by atoms with van der Waals surface area (Å²) in [6.07, 6.45) is 5.22. The quantitative estimate of drug-likeness (QED) is 0.396. The average molecular weight is 496 g/mol. The monoisotopic (exact) mass is 496 g/mol. The molecule has 0 aliphatic carbocycles. The van der Waals surface area contributed by atoms with Crippen LogP contribution in [0.5, 0.6) is 0 Å². The molecule has 0 fully saturated rings. The molecule has 0 atom stereocenters. The number of benzene rings is 2. The Morgan fingerprint density at radius 2 is 1.72 bits per heavy atom. The third kappa shape index (κ3) is 4.77. The summed E-state index contributed by atoms with van der Waals surface area (Å²) < 4.78 is 2.91. The van der Waals surface area contributed by atoms with E-state index in [1.165, 1.54) is 0 Å². The molecule has 4 rings (SSSR count). The largest absolute Gasteiger partial charge is 0.340 e. The van der Waals surface area contributed by atoms with Crippen molar-refractivity contribution in [3.63, 3.8) is 0 Å². The molecule has 7 nitrogen and oxygen atoms in total. The number of halogens is 1. The van der Waals surface area contributed by atoms with E-state index in [2.05, 4.69) is 48.2 Å². The number of carbonyl (C=O) groups is 1. The van der Waals surface area contributed by atoms with Crippen LogP contribution >= 0.6 is 22.6 Å². The molecule has 0 spiro atoms. The van der Waals surface area contributed by atoms with Gasteiger partial charge in [0.1, 0.15) is 23.8 Å². The van der Waals surface area contributed by atoms with Gasteiger partial charge in [-0.25, -0.2) is 15.0 Å². The van der Waals surface area contributed by atoms with E-state index < -0.39 is 0 Å². The van der Waals surface area contributed by atoms with Gasteiger partial charge < -0.3 is 10.6 Å². The number of carbonyl (C=O) groups excluding carboxylic acids is 1. The second kappa shape index (κ2) is 8.39.